The standard InChI is InChI=1S/C11H20N2O/c1-4-5-11(2,9-14)6-10-7-12-13(3)8-10/h7-8,14H,4-6,9H2,1-3H3. The lowest BCUT2D eigenvalue weighted by Crippen LogP contribution is -2.23. The summed E-state index contributed by atoms with van der Waals surface area (Å²) in [6.45, 7) is 4.52. The van der Waals surface area contributed by atoms with E-state index in [0.717, 1.165) is 19.3 Å². The summed E-state index contributed by atoms with van der Waals surface area (Å²) in [5.41, 5.74) is 1.22. The van der Waals surface area contributed by atoms with Crippen LogP contribution in [0.15, 0.2) is 12.4 Å². The highest BCUT2D eigenvalue weighted by molar-refractivity contribution is 5.06. The van der Waals surface area contributed by atoms with Crippen LogP contribution in [0.4, 0.5) is 0 Å². The molecule has 1 aromatic rings. The summed E-state index contributed by atoms with van der Waals surface area (Å²) >= 11 is 0. The van der Waals surface area contributed by atoms with E-state index in [9.17, 15) is 5.11 Å². The van der Waals surface area contributed by atoms with Gasteiger partial charge in [0.05, 0.1) is 6.20 Å². The predicted octanol–water partition coefficient (Wildman–Crippen LogP) is 1.76. The van der Waals surface area contributed by atoms with E-state index in [1.165, 1.54) is 5.56 Å². The molecule has 0 bridgehead atoms. The Morgan fingerprint density at radius 2 is 2.29 bits per heavy atom. The normalized spacial score (nSPS) is 15.4. The number of aliphatic hydroxyl groups is 1. The highest BCUT2D eigenvalue weighted by Crippen LogP contribution is 2.27. The van der Waals surface area contributed by atoms with Crippen LogP contribution in [0.3, 0.4) is 0 Å². The van der Waals surface area contributed by atoms with Crippen molar-refractivity contribution in [3.8, 4) is 0 Å². The van der Waals surface area contributed by atoms with Crippen LogP contribution in [-0.4, -0.2) is 21.5 Å². The molecule has 80 valence electrons. The van der Waals surface area contributed by atoms with Crippen LogP contribution < -0.4 is 0 Å². The van der Waals surface area contributed by atoms with Gasteiger partial charge in [0, 0.05) is 19.9 Å². The van der Waals surface area contributed by atoms with Crippen LogP contribution in [0.2, 0.25) is 0 Å². The number of aliphatic hydroxyl groups excluding tert-OH is 1. The number of hydrogen-bond donors (Lipinski definition) is 1. The SMILES string of the molecule is CCCC(C)(CO)Cc1cnn(C)c1. The van der Waals surface area contributed by atoms with Crippen LogP contribution in [0.1, 0.15) is 32.3 Å². The van der Waals surface area contributed by atoms with Crippen molar-refractivity contribution in [1.29, 1.82) is 0 Å². The van der Waals surface area contributed by atoms with Crippen molar-refractivity contribution in [2.75, 3.05) is 6.61 Å². The molecule has 1 unspecified atom stereocenters. The zero-order chi connectivity index (χ0) is 10.6. The average Bonchev–Trinajstić information content (AvgIpc) is 2.51. The highest BCUT2D eigenvalue weighted by Gasteiger charge is 2.23. The van der Waals surface area contributed by atoms with Crippen LogP contribution in [0.5, 0.6) is 0 Å². The second-order valence-electron chi connectivity index (χ2n) is 4.42. The molecular formula is C11H20N2O. The lowest BCUT2D eigenvalue weighted by atomic mass is 9.81. The van der Waals surface area contributed by atoms with Gasteiger partial charge in [-0.15, -0.1) is 0 Å². The van der Waals surface area contributed by atoms with E-state index >= 15 is 0 Å². The second kappa shape index (κ2) is 4.60. The molecule has 0 aromatic carbocycles. The van der Waals surface area contributed by atoms with Gasteiger partial charge in [0.2, 0.25) is 0 Å². The van der Waals surface area contributed by atoms with Crippen molar-refractivity contribution < 1.29 is 5.11 Å². The van der Waals surface area contributed by atoms with Gasteiger partial charge < -0.3 is 5.11 Å². The molecule has 1 N–H and O–H groups in total. The van der Waals surface area contributed by atoms with E-state index < -0.39 is 0 Å². The highest BCUT2D eigenvalue weighted by atomic mass is 16.3. The first-order chi connectivity index (χ1) is 6.59. The second-order valence-corrected chi connectivity index (χ2v) is 4.42. The lowest BCUT2D eigenvalue weighted by Gasteiger charge is -2.26. The molecule has 3 nitrogen and oxygen atoms in total. The van der Waals surface area contributed by atoms with E-state index in [2.05, 4.69) is 18.9 Å². The predicted molar refractivity (Wildman–Crippen MR) is 57.0 cm³/mol. The first-order valence-electron chi connectivity index (χ1n) is 5.18. The van der Waals surface area contributed by atoms with Crippen molar-refractivity contribution in [3.05, 3.63) is 18.0 Å². The maximum Gasteiger partial charge on any atom is 0.0521 e. The molecule has 0 aliphatic rings. The summed E-state index contributed by atoms with van der Waals surface area (Å²) in [6.07, 6.45) is 6.97. The Balaban J connectivity index is 2.64. The monoisotopic (exact) mass is 196 g/mol. The molecule has 3 heteroatoms. The summed E-state index contributed by atoms with van der Waals surface area (Å²) in [5.74, 6) is 0. The fourth-order valence-electron chi connectivity index (χ4n) is 1.88. The van der Waals surface area contributed by atoms with Gasteiger partial charge in [-0.25, -0.2) is 0 Å². The summed E-state index contributed by atoms with van der Waals surface area (Å²) in [7, 11) is 1.92. The Morgan fingerprint density at radius 1 is 1.57 bits per heavy atom. The van der Waals surface area contributed by atoms with Gasteiger partial charge in [0.15, 0.2) is 0 Å². The first kappa shape index (κ1) is 11.2. The van der Waals surface area contributed by atoms with Crippen molar-refractivity contribution in [3.63, 3.8) is 0 Å². The number of aromatic nitrogens is 2. The summed E-state index contributed by atoms with van der Waals surface area (Å²) < 4.78 is 1.80. The molecule has 1 atom stereocenters. The van der Waals surface area contributed by atoms with Crippen molar-refractivity contribution in [2.24, 2.45) is 12.5 Å². The van der Waals surface area contributed by atoms with E-state index in [0.29, 0.717) is 0 Å². The van der Waals surface area contributed by atoms with Gasteiger partial charge in [0.1, 0.15) is 0 Å². The van der Waals surface area contributed by atoms with E-state index in [1.807, 2.05) is 19.4 Å². The maximum atomic E-state index is 9.36. The third-order valence-electron chi connectivity index (χ3n) is 2.62. The molecule has 1 heterocycles. The van der Waals surface area contributed by atoms with Crippen LogP contribution in [-0.2, 0) is 13.5 Å². The molecule has 0 fully saturated rings. The van der Waals surface area contributed by atoms with Crippen molar-refractivity contribution in [1.82, 2.24) is 9.78 Å². The fourth-order valence-corrected chi connectivity index (χ4v) is 1.88. The minimum absolute atomic E-state index is 0.0117. The molecule has 0 aliphatic carbocycles. The number of hydrogen-bond acceptors (Lipinski definition) is 2. The Labute approximate surface area is 85.8 Å². The Kier molecular flexibility index (Phi) is 3.69. The maximum absolute atomic E-state index is 9.36. The van der Waals surface area contributed by atoms with Crippen LogP contribution >= 0.6 is 0 Å². The van der Waals surface area contributed by atoms with Gasteiger partial charge in [-0.1, -0.05) is 20.3 Å². The third kappa shape index (κ3) is 2.84. The number of aryl methyl sites for hydroxylation is 1. The molecule has 0 radical (unpaired) electrons. The number of rotatable bonds is 5. The molecule has 0 spiro atoms. The third-order valence-corrected chi connectivity index (χ3v) is 2.62. The quantitative estimate of drug-likeness (QED) is 0.779. The molecule has 1 aromatic heterocycles. The molecule has 0 saturated carbocycles. The van der Waals surface area contributed by atoms with Crippen LogP contribution in [0.25, 0.3) is 0 Å². The van der Waals surface area contributed by atoms with E-state index in [4.69, 9.17) is 0 Å². The minimum atomic E-state index is 0.0117. The molecule has 0 aliphatic heterocycles. The molecule has 14 heavy (non-hydrogen) atoms. The summed E-state index contributed by atoms with van der Waals surface area (Å²) in [4.78, 5) is 0. The van der Waals surface area contributed by atoms with Gasteiger partial charge in [-0.3, -0.25) is 4.68 Å². The zero-order valence-electron chi connectivity index (χ0n) is 9.32. The Bertz CT molecular complexity index is 283. The van der Waals surface area contributed by atoms with E-state index in [-0.39, 0.29) is 12.0 Å². The summed E-state index contributed by atoms with van der Waals surface area (Å²) in [5, 5.41) is 13.5. The topological polar surface area (TPSA) is 38.1 Å². The molecule has 0 saturated heterocycles. The zero-order valence-corrected chi connectivity index (χ0v) is 9.32. The van der Waals surface area contributed by atoms with Gasteiger partial charge >= 0.3 is 0 Å². The van der Waals surface area contributed by atoms with Crippen LogP contribution in [0, 0.1) is 5.41 Å². The largest absolute Gasteiger partial charge is 0.396 e. The van der Waals surface area contributed by atoms with Gasteiger partial charge in [0.25, 0.3) is 0 Å². The smallest absolute Gasteiger partial charge is 0.0521 e. The summed E-state index contributed by atoms with van der Waals surface area (Å²) in [6, 6.07) is 0. The minimum Gasteiger partial charge on any atom is -0.396 e. The lowest BCUT2D eigenvalue weighted by molar-refractivity contribution is 0.131. The fraction of sp³-hybridized carbons (Fsp3) is 0.727. The van der Waals surface area contributed by atoms with Crippen molar-refractivity contribution in [2.45, 2.75) is 33.1 Å². The van der Waals surface area contributed by atoms with Crippen molar-refractivity contribution >= 4 is 0 Å². The van der Waals surface area contributed by atoms with Gasteiger partial charge in [-0.2, -0.15) is 5.10 Å². The average molecular weight is 196 g/mol. The molecular weight excluding hydrogens is 176 g/mol. The van der Waals surface area contributed by atoms with E-state index in [1.54, 1.807) is 4.68 Å². The molecule has 1 rings (SSSR count). The van der Waals surface area contributed by atoms with Gasteiger partial charge in [-0.05, 0) is 23.8 Å². The Morgan fingerprint density at radius 3 is 2.71 bits per heavy atom. The number of nitrogens with zero attached hydrogens (tertiary/aromatic N) is 2. The first-order valence-corrected chi connectivity index (χ1v) is 5.18. The molecule has 0 amide bonds. The Hall–Kier alpha value is -0.830.